The molecule has 0 unspecified atom stereocenters. The van der Waals surface area contributed by atoms with E-state index in [1.807, 2.05) is 23.1 Å². The molecule has 0 saturated carbocycles. The lowest BCUT2D eigenvalue weighted by atomic mass is 10.1. The van der Waals surface area contributed by atoms with Gasteiger partial charge < -0.3 is 15.1 Å². The summed E-state index contributed by atoms with van der Waals surface area (Å²) in [4.78, 5) is 16.8. The Labute approximate surface area is 150 Å². The Hall–Kier alpha value is -2.49. The largest absolute Gasteiger partial charge is 0.368 e. The molecule has 1 N–H and O–H groups in total. The number of nitrogens with zero attached hydrogens (tertiary/aromatic N) is 2. The SMILES string of the molecule is CCc1ccc(N2CCN(C(=O)Nc3ccccc3CC)CC2)cc1. The van der Waals surface area contributed by atoms with Crippen molar-refractivity contribution in [1.82, 2.24) is 4.90 Å². The van der Waals surface area contributed by atoms with Gasteiger partial charge in [0.1, 0.15) is 0 Å². The molecule has 0 bridgehead atoms. The highest BCUT2D eigenvalue weighted by molar-refractivity contribution is 5.90. The van der Waals surface area contributed by atoms with E-state index in [1.165, 1.54) is 16.8 Å². The lowest BCUT2D eigenvalue weighted by Crippen LogP contribution is -2.50. The highest BCUT2D eigenvalue weighted by atomic mass is 16.2. The van der Waals surface area contributed by atoms with Gasteiger partial charge in [-0.3, -0.25) is 0 Å². The summed E-state index contributed by atoms with van der Waals surface area (Å²) >= 11 is 0. The third-order valence-electron chi connectivity index (χ3n) is 4.92. The maximum Gasteiger partial charge on any atom is 0.321 e. The third-order valence-corrected chi connectivity index (χ3v) is 4.92. The minimum atomic E-state index is 0.00174. The molecule has 2 amide bonds. The number of benzene rings is 2. The van der Waals surface area contributed by atoms with Crippen LogP contribution < -0.4 is 10.2 Å². The first-order chi connectivity index (χ1) is 12.2. The van der Waals surface area contributed by atoms with Crippen molar-refractivity contribution in [2.45, 2.75) is 26.7 Å². The highest BCUT2D eigenvalue weighted by Gasteiger charge is 2.21. The molecule has 0 spiro atoms. The first kappa shape index (κ1) is 17.3. The number of para-hydroxylation sites is 1. The number of amides is 2. The van der Waals surface area contributed by atoms with Crippen molar-refractivity contribution in [2.24, 2.45) is 0 Å². The Bertz CT molecular complexity index is 703. The van der Waals surface area contributed by atoms with Gasteiger partial charge in [0, 0.05) is 37.6 Å². The fourth-order valence-electron chi connectivity index (χ4n) is 3.26. The van der Waals surface area contributed by atoms with Crippen LogP contribution in [0, 0.1) is 0 Å². The predicted molar refractivity (Wildman–Crippen MR) is 104 cm³/mol. The number of hydrogen-bond donors (Lipinski definition) is 1. The van der Waals surface area contributed by atoms with E-state index in [0.717, 1.165) is 44.7 Å². The second-order valence-electron chi connectivity index (χ2n) is 6.43. The molecule has 2 aromatic carbocycles. The molecule has 1 fully saturated rings. The van der Waals surface area contributed by atoms with E-state index in [1.54, 1.807) is 0 Å². The maximum absolute atomic E-state index is 12.6. The van der Waals surface area contributed by atoms with Crippen LogP contribution in [0.25, 0.3) is 0 Å². The topological polar surface area (TPSA) is 35.6 Å². The van der Waals surface area contributed by atoms with E-state index in [4.69, 9.17) is 0 Å². The van der Waals surface area contributed by atoms with Gasteiger partial charge in [0.2, 0.25) is 0 Å². The van der Waals surface area contributed by atoms with Crippen LogP contribution >= 0.6 is 0 Å². The number of nitrogens with one attached hydrogen (secondary N) is 1. The minimum Gasteiger partial charge on any atom is -0.368 e. The van der Waals surface area contributed by atoms with Gasteiger partial charge in [-0.15, -0.1) is 0 Å². The fraction of sp³-hybridized carbons (Fsp3) is 0.381. The van der Waals surface area contributed by atoms with Gasteiger partial charge >= 0.3 is 6.03 Å². The summed E-state index contributed by atoms with van der Waals surface area (Å²) in [6.45, 7) is 7.50. The molecule has 25 heavy (non-hydrogen) atoms. The van der Waals surface area contributed by atoms with Crippen molar-refractivity contribution in [2.75, 3.05) is 36.4 Å². The van der Waals surface area contributed by atoms with E-state index in [2.05, 4.69) is 54.4 Å². The number of aryl methyl sites for hydroxylation is 2. The summed E-state index contributed by atoms with van der Waals surface area (Å²) in [7, 11) is 0. The van der Waals surface area contributed by atoms with E-state index in [9.17, 15) is 4.79 Å². The zero-order chi connectivity index (χ0) is 17.6. The molecule has 2 aromatic rings. The van der Waals surface area contributed by atoms with Crippen LogP contribution in [-0.2, 0) is 12.8 Å². The first-order valence-electron chi connectivity index (χ1n) is 9.19. The van der Waals surface area contributed by atoms with Gasteiger partial charge in [-0.05, 0) is 42.2 Å². The van der Waals surface area contributed by atoms with Gasteiger partial charge in [0.15, 0.2) is 0 Å². The summed E-state index contributed by atoms with van der Waals surface area (Å²) in [6, 6.07) is 16.8. The Balaban J connectivity index is 1.57. The molecule has 4 nitrogen and oxygen atoms in total. The van der Waals surface area contributed by atoms with Crippen molar-refractivity contribution >= 4 is 17.4 Å². The Morgan fingerprint density at radius 3 is 2.24 bits per heavy atom. The van der Waals surface area contributed by atoms with Crippen LogP contribution in [0.5, 0.6) is 0 Å². The van der Waals surface area contributed by atoms with Crippen LogP contribution in [0.15, 0.2) is 48.5 Å². The van der Waals surface area contributed by atoms with E-state index >= 15 is 0 Å². The molecule has 0 aliphatic carbocycles. The lowest BCUT2D eigenvalue weighted by Gasteiger charge is -2.36. The molecule has 0 radical (unpaired) electrons. The quantitative estimate of drug-likeness (QED) is 0.909. The highest BCUT2D eigenvalue weighted by Crippen LogP contribution is 2.19. The van der Waals surface area contributed by atoms with Crippen LogP contribution in [-0.4, -0.2) is 37.1 Å². The van der Waals surface area contributed by atoms with Gasteiger partial charge in [-0.25, -0.2) is 4.79 Å². The molecule has 1 heterocycles. The van der Waals surface area contributed by atoms with Gasteiger partial charge in [0.25, 0.3) is 0 Å². The van der Waals surface area contributed by atoms with Crippen LogP contribution in [0.4, 0.5) is 16.2 Å². The predicted octanol–water partition coefficient (Wildman–Crippen LogP) is 4.17. The van der Waals surface area contributed by atoms with Gasteiger partial charge in [-0.2, -0.15) is 0 Å². The Morgan fingerprint density at radius 1 is 0.920 bits per heavy atom. The Morgan fingerprint density at radius 2 is 1.60 bits per heavy atom. The number of anilines is 2. The number of urea groups is 1. The van der Waals surface area contributed by atoms with Crippen LogP contribution in [0.3, 0.4) is 0 Å². The van der Waals surface area contributed by atoms with Crippen LogP contribution in [0.2, 0.25) is 0 Å². The average molecular weight is 337 g/mol. The molecule has 1 saturated heterocycles. The minimum absolute atomic E-state index is 0.00174. The normalized spacial score (nSPS) is 14.5. The molecule has 0 aromatic heterocycles. The van der Waals surface area contributed by atoms with Gasteiger partial charge in [-0.1, -0.05) is 44.2 Å². The summed E-state index contributed by atoms with van der Waals surface area (Å²) in [5.41, 5.74) is 4.70. The summed E-state index contributed by atoms with van der Waals surface area (Å²) in [6.07, 6.45) is 1.98. The van der Waals surface area contributed by atoms with Crippen LogP contribution in [0.1, 0.15) is 25.0 Å². The Kier molecular flexibility index (Phi) is 5.59. The second kappa shape index (κ2) is 8.06. The standard InChI is InChI=1S/C21H27N3O/c1-3-17-9-11-19(12-10-17)23-13-15-24(16-14-23)21(25)22-20-8-6-5-7-18(20)4-2/h5-12H,3-4,13-16H2,1-2H3,(H,22,25). The number of piperazine rings is 1. The lowest BCUT2D eigenvalue weighted by molar-refractivity contribution is 0.208. The number of rotatable bonds is 4. The zero-order valence-corrected chi connectivity index (χ0v) is 15.2. The number of hydrogen-bond acceptors (Lipinski definition) is 2. The number of carbonyl (C=O) groups excluding carboxylic acids is 1. The van der Waals surface area contributed by atoms with E-state index in [-0.39, 0.29) is 6.03 Å². The summed E-state index contributed by atoms with van der Waals surface area (Å²) < 4.78 is 0. The van der Waals surface area contributed by atoms with E-state index in [0.29, 0.717) is 0 Å². The first-order valence-corrected chi connectivity index (χ1v) is 9.19. The van der Waals surface area contributed by atoms with E-state index < -0.39 is 0 Å². The second-order valence-corrected chi connectivity index (χ2v) is 6.43. The fourth-order valence-corrected chi connectivity index (χ4v) is 3.26. The average Bonchev–Trinajstić information content (AvgIpc) is 2.68. The smallest absolute Gasteiger partial charge is 0.321 e. The molecular weight excluding hydrogens is 310 g/mol. The molecular formula is C21H27N3O. The van der Waals surface area contributed by atoms with Crippen molar-refractivity contribution in [3.05, 3.63) is 59.7 Å². The van der Waals surface area contributed by atoms with Crippen molar-refractivity contribution in [3.63, 3.8) is 0 Å². The monoisotopic (exact) mass is 337 g/mol. The molecule has 1 aliphatic heterocycles. The van der Waals surface area contributed by atoms with Crippen molar-refractivity contribution in [3.8, 4) is 0 Å². The molecule has 132 valence electrons. The maximum atomic E-state index is 12.6. The van der Waals surface area contributed by atoms with Crippen molar-refractivity contribution in [1.29, 1.82) is 0 Å². The zero-order valence-electron chi connectivity index (χ0n) is 15.2. The molecule has 4 heteroatoms. The molecule has 0 atom stereocenters. The third kappa shape index (κ3) is 4.13. The molecule has 1 aliphatic rings. The molecule has 3 rings (SSSR count). The van der Waals surface area contributed by atoms with Crippen molar-refractivity contribution < 1.29 is 4.79 Å². The summed E-state index contributed by atoms with van der Waals surface area (Å²) in [5, 5.41) is 3.07. The number of carbonyl (C=O) groups is 1. The summed E-state index contributed by atoms with van der Waals surface area (Å²) in [5.74, 6) is 0. The van der Waals surface area contributed by atoms with Gasteiger partial charge in [0.05, 0.1) is 0 Å².